The van der Waals surface area contributed by atoms with Crippen LogP contribution in [0.5, 0.6) is 5.75 Å². The van der Waals surface area contributed by atoms with Crippen molar-refractivity contribution < 1.29 is 21.7 Å². The maximum absolute atomic E-state index is 5.16. The Morgan fingerprint density at radius 2 is 2.27 bits per heavy atom. The molecule has 1 heterocycles. The van der Waals surface area contributed by atoms with Gasteiger partial charge in [-0.05, 0) is 0 Å². The molecule has 0 fully saturated rings. The molecule has 0 aliphatic carbocycles. The Morgan fingerprint density at radius 3 is 3.09 bits per heavy atom. The minimum atomic E-state index is 0. The van der Waals surface area contributed by atoms with Crippen LogP contribution in [0.2, 0.25) is 0 Å². The number of ether oxygens (including phenoxy) is 1. The van der Waals surface area contributed by atoms with Crippen molar-refractivity contribution >= 4 is 21.2 Å². The molecule has 0 atom stereocenters. The molecule has 2 rings (SSSR count). The standard InChI is InChI=1S/C7H5O2.BrH.Mg/c1-2-4-7-6(3-1)8-5-9-7;;/h1,3-4H,5H2;1H;/q+1;;/p-1. The van der Waals surface area contributed by atoms with Gasteiger partial charge in [0.15, 0.2) is 0 Å². The first-order valence-corrected chi connectivity index (χ1v) is 3.78. The minimum absolute atomic E-state index is 0. The molecule has 2 nitrogen and oxygen atoms in total. The Morgan fingerprint density at radius 1 is 1.45 bits per heavy atom. The van der Waals surface area contributed by atoms with Gasteiger partial charge < -0.3 is 17.0 Å². The normalized spacial score (nSPS) is 12.5. The van der Waals surface area contributed by atoms with E-state index in [2.05, 4.69) is 0 Å². The SMILES string of the molecule is [Br-].[Mg]=[c]1ccc2c(c1)OC[O+]=2. The molecule has 0 saturated carbocycles. The van der Waals surface area contributed by atoms with Crippen LogP contribution < -0.4 is 27.1 Å². The predicted octanol–water partition coefficient (Wildman–Crippen LogP) is -2.93. The second kappa shape index (κ2) is 3.65. The van der Waals surface area contributed by atoms with Gasteiger partial charge in [0.2, 0.25) is 0 Å². The molecule has 1 aromatic rings. The summed E-state index contributed by atoms with van der Waals surface area (Å²) in [6.45, 7) is 0.363. The summed E-state index contributed by atoms with van der Waals surface area (Å²) in [6, 6.07) is 5.94. The summed E-state index contributed by atoms with van der Waals surface area (Å²) in [5.74, 6) is 0.868. The van der Waals surface area contributed by atoms with Crippen LogP contribution in [-0.2, 0) is 0 Å². The van der Waals surface area contributed by atoms with Crippen molar-refractivity contribution in [1.29, 1.82) is 0 Å². The zero-order chi connectivity index (χ0) is 6.97. The predicted molar refractivity (Wildman–Crippen MR) is 38.4 cm³/mol. The number of benzene rings is 1. The molecule has 0 aromatic heterocycles. The van der Waals surface area contributed by atoms with E-state index in [1.165, 1.54) is 3.28 Å². The average Bonchev–Trinajstić information content (AvgIpc) is 2.33. The molecule has 1 aliphatic rings. The number of hydrogen-bond donors (Lipinski definition) is 0. The van der Waals surface area contributed by atoms with Gasteiger partial charge in [-0.1, -0.05) is 0 Å². The van der Waals surface area contributed by atoms with E-state index in [4.69, 9.17) is 9.16 Å². The Bertz CT molecular complexity index is 363. The van der Waals surface area contributed by atoms with E-state index >= 15 is 0 Å². The number of hydrogen-bond acceptors (Lipinski definition) is 1. The van der Waals surface area contributed by atoms with Gasteiger partial charge in [0.05, 0.1) is 0 Å². The Hall–Kier alpha value is 0.0662. The molecular weight excluding hydrogens is 220 g/mol. The van der Waals surface area contributed by atoms with Crippen LogP contribution in [0.4, 0.5) is 0 Å². The van der Waals surface area contributed by atoms with Gasteiger partial charge in [-0.3, -0.25) is 0 Å². The van der Waals surface area contributed by atoms with Crippen molar-refractivity contribution in [3.05, 3.63) is 31.3 Å². The molecule has 0 radical (unpaired) electrons. The third-order valence-electron chi connectivity index (χ3n) is 1.44. The van der Waals surface area contributed by atoms with Crippen LogP contribution >= 0.6 is 0 Å². The first-order chi connectivity index (χ1) is 4.86. The number of fused-ring (bicyclic) bond motifs is 1. The monoisotopic (exact) mass is 224 g/mol. The molecular formula is C7H5BrMgO2. The van der Waals surface area contributed by atoms with Gasteiger partial charge in [-0.25, -0.2) is 0 Å². The fourth-order valence-electron chi connectivity index (χ4n) is 0.941. The summed E-state index contributed by atoms with van der Waals surface area (Å²) >= 11 is 1.84. The second-order valence-corrected chi connectivity index (χ2v) is 3.00. The van der Waals surface area contributed by atoms with Crippen molar-refractivity contribution in [1.82, 2.24) is 0 Å². The molecule has 4 heteroatoms. The molecule has 0 N–H and O–H groups in total. The van der Waals surface area contributed by atoms with Crippen LogP contribution in [0.1, 0.15) is 0 Å². The van der Waals surface area contributed by atoms with Crippen molar-refractivity contribution in [3.63, 3.8) is 0 Å². The summed E-state index contributed by atoms with van der Waals surface area (Å²) in [5.41, 5.74) is 0.857. The fraction of sp³-hybridized carbons (Fsp3) is 0.143. The van der Waals surface area contributed by atoms with Crippen LogP contribution in [0.15, 0.2) is 22.6 Å². The van der Waals surface area contributed by atoms with Gasteiger partial charge in [-0.2, -0.15) is 0 Å². The molecule has 0 amide bonds. The van der Waals surface area contributed by atoms with Gasteiger partial charge in [0.1, 0.15) is 0 Å². The van der Waals surface area contributed by atoms with Crippen molar-refractivity contribution in [2.45, 2.75) is 0 Å². The van der Waals surface area contributed by atoms with Gasteiger partial charge in [-0.15, -0.1) is 0 Å². The summed E-state index contributed by atoms with van der Waals surface area (Å²) in [6.07, 6.45) is 0. The van der Waals surface area contributed by atoms with Crippen molar-refractivity contribution in [3.8, 4) is 5.75 Å². The number of halogens is 1. The summed E-state index contributed by atoms with van der Waals surface area (Å²) in [7, 11) is 0. The molecule has 11 heavy (non-hydrogen) atoms. The van der Waals surface area contributed by atoms with Crippen molar-refractivity contribution in [2.24, 2.45) is 0 Å². The molecule has 0 bridgehead atoms. The Balaban J connectivity index is 0.000000605. The van der Waals surface area contributed by atoms with E-state index in [1.54, 1.807) is 0 Å². The van der Waals surface area contributed by atoms with E-state index in [1.807, 2.05) is 39.4 Å². The van der Waals surface area contributed by atoms with Gasteiger partial charge in [0, 0.05) is 0 Å². The summed E-state index contributed by atoms with van der Waals surface area (Å²) in [5, 5.41) is 0. The van der Waals surface area contributed by atoms with E-state index in [0.29, 0.717) is 6.79 Å². The van der Waals surface area contributed by atoms with E-state index in [-0.39, 0.29) is 17.0 Å². The molecule has 54 valence electrons. The van der Waals surface area contributed by atoms with E-state index < -0.39 is 0 Å². The number of rotatable bonds is 0. The Kier molecular flexibility index (Phi) is 3.03. The molecule has 1 aliphatic heterocycles. The third kappa shape index (κ3) is 1.80. The van der Waals surface area contributed by atoms with E-state index in [9.17, 15) is 0 Å². The fourth-order valence-corrected chi connectivity index (χ4v) is 1.24. The second-order valence-electron chi connectivity index (χ2n) is 2.19. The van der Waals surface area contributed by atoms with Crippen molar-refractivity contribution in [2.75, 3.05) is 6.79 Å². The average molecular weight is 225 g/mol. The topological polar surface area (TPSA) is 20.5 Å². The van der Waals surface area contributed by atoms with Gasteiger partial charge >= 0.3 is 69.8 Å². The molecule has 0 spiro atoms. The van der Waals surface area contributed by atoms with Gasteiger partial charge in [0.25, 0.3) is 0 Å². The van der Waals surface area contributed by atoms with Crippen LogP contribution in [0.3, 0.4) is 0 Å². The summed E-state index contributed by atoms with van der Waals surface area (Å²) < 4.78 is 11.5. The zero-order valence-corrected chi connectivity index (χ0v) is 8.84. The first kappa shape index (κ1) is 9.16. The molecule has 0 unspecified atom stereocenters. The van der Waals surface area contributed by atoms with Crippen LogP contribution in [-0.4, -0.2) is 28.0 Å². The quantitative estimate of drug-likeness (QED) is 0.342. The zero-order valence-electron chi connectivity index (χ0n) is 5.84. The Labute approximate surface area is 86.6 Å². The molecule has 1 aromatic carbocycles. The summed E-state index contributed by atoms with van der Waals surface area (Å²) in [4.78, 5) is 0. The maximum atomic E-state index is 5.16. The van der Waals surface area contributed by atoms with E-state index in [0.717, 1.165) is 11.2 Å². The van der Waals surface area contributed by atoms with Crippen LogP contribution in [0, 0.1) is 3.28 Å². The third-order valence-corrected chi connectivity index (χ3v) is 1.88. The van der Waals surface area contributed by atoms with Crippen LogP contribution in [0.25, 0.3) is 0 Å². The molecule has 0 saturated heterocycles. The first-order valence-electron chi connectivity index (χ1n) is 3.08.